The van der Waals surface area contributed by atoms with Gasteiger partial charge in [-0.3, -0.25) is 0 Å². The normalized spacial score (nSPS) is 11.1. The van der Waals surface area contributed by atoms with E-state index in [0.29, 0.717) is 0 Å². The average molecular weight is 180 g/mol. The molecule has 0 unspecified atom stereocenters. The Balaban J connectivity index is 2.21. The number of thiophene rings is 1. The first-order valence-electron chi connectivity index (χ1n) is 4.31. The molecule has 0 spiro atoms. The molecule has 12 heavy (non-hydrogen) atoms. The van der Waals surface area contributed by atoms with Gasteiger partial charge in [0.05, 0.1) is 11.0 Å². The molecular formula is C9H12N2S. The van der Waals surface area contributed by atoms with Gasteiger partial charge in [0.2, 0.25) is 0 Å². The van der Waals surface area contributed by atoms with Crippen molar-refractivity contribution < 1.29 is 0 Å². The molecule has 64 valence electrons. The Morgan fingerprint density at radius 2 is 2.42 bits per heavy atom. The molecule has 0 aliphatic rings. The van der Waals surface area contributed by atoms with E-state index in [2.05, 4.69) is 27.7 Å². The summed E-state index contributed by atoms with van der Waals surface area (Å²) in [6, 6.07) is 0. The lowest BCUT2D eigenvalue weighted by molar-refractivity contribution is 0.765. The zero-order chi connectivity index (χ0) is 8.39. The number of nitrogens with zero attached hydrogens (tertiary/aromatic N) is 1. The second kappa shape index (κ2) is 3.27. The zero-order valence-electron chi connectivity index (χ0n) is 7.13. The van der Waals surface area contributed by atoms with E-state index in [4.69, 9.17) is 0 Å². The van der Waals surface area contributed by atoms with Crippen LogP contribution in [0.4, 0.5) is 0 Å². The van der Waals surface area contributed by atoms with Crippen LogP contribution in [-0.2, 0) is 6.42 Å². The van der Waals surface area contributed by atoms with Crippen LogP contribution in [0.3, 0.4) is 0 Å². The van der Waals surface area contributed by atoms with Crippen molar-refractivity contribution in [2.75, 3.05) is 0 Å². The van der Waals surface area contributed by atoms with E-state index in [1.54, 1.807) is 11.3 Å². The van der Waals surface area contributed by atoms with Crippen molar-refractivity contribution in [1.82, 2.24) is 9.97 Å². The summed E-state index contributed by atoms with van der Waals surface area (Å²) in [6.07, 6.45) is 3.53. The number of aromatic nitrogens is 2. The number of hydrogen-bond acceptors (Lipinski definition) is 2. The molecule has 0 saturated carbocycles. The lowest BCUT2D eigenvalue weighted by Gasteiger charge is -1.91. The van der Waals surface area contributed by atoms with E-state index >= 15 is 0 Å². The van der Waals surface area contributed by atoms with Gasteiger partial charge in [0, 0.05) is 17.2 Å². The third kappa shape index (κ3) is 1.37. The molecule has 2 rings (SSSR count). The molecule has 0 aliphatic heterocycles. The van der Waals surface area contributed by atoms with Gasteiger partial charge in [-0.25, -0.2) is 4.98 Å². The minimum atomic E-state index is 1.08. The van der Waals surface area contributed by atoms with E-state index in [9.17, 15) is 0 Å². The Morgan fingerprint density at radius 3 is 3.17 bits per heavy atom. The van der Waals surface area contributed by atoms with Crippen molar-refractivity contribution in [2.24, 2.45) is 0 Å². The maximum absolute atomic E-state index is 4.47. The molecule has 2 heterocycles. The lowest BCUT2D eigenvalue weighted by Crippen LogP contribution is -1.86. The number of rotatable bonds is 3. The summed E-state index contributed by atoms with van der Waals surface area (Å²) in [5.41, 5.74) is 2.30. The molecule has 0 fully saturated rings. The van der Waals surface area contributed by atoms with Gasteiger partial charge < -0.3 is 4.98 Å². The third-order valence-electron chi connectivity index (χ3n) is 1.94. The van der Waals surface area contributed by atoms with E-state index in [0.717, 1.165) is 17.8 Å². The molecular weight excluding hydrogens is 168 g/mol. The van der Waals surface area contributed by atoms with E-state index in [1.807, 2.05) is 0 Å². The van der Waals surface area contributed by atoms with Crippen molar-refractivity contribution in [3.05, 3.63) is 16.6 Å². The highest BCUT2D eigenvalue weighted by atomic mass is 32.1. The monoisotopic (exact) mass is 180 g/mol. The van der Waals surface area contributed by atoms with E-state index in [1.165, 1.54) is 18.4 Å². The summed E-state index contributed by atoms with van der Waals surface area (Å²) in [5.74, 6) is 1.13. The maximum atomic E-state index is 4.47. The second-order valence-corrected chi connectivity index (χ2v) is 3.70. The molecule has 0 atom stereocenters. The summed E-state index contributed by atoms with van der Waals surface area (Å²) in [6.45, 7) is 2.20. The Bertz CT molecular complexity index is 333. The molecule has 2 aromatic rings. The van der Waals surface area contributed by atoms with Crippen LogP contribution in [0.25, 0.3) is 11.0 Å². The Labute approximate surface area is 75.6 Å². The summed E-state index contributed by atoms with van der Waals surface area (Å²) >= 11 is 1.70. The first-order chi connectivity index (χ1) is 5.90. The Morgan fingerprint density at radius 1 is 1.50 bits per heavy atom. The molecule has 0 saturated heterocycles. The molecule has 3 heteroatoms. The largest absolute Gasteiger partial charge is 0.341 e. The van der Waals surface area contributed by atoms with E-state index in [-0.39, 0.29) is 0 Å². The minimum absolute atomic E-state index is 1.08. The number of aryl methyl sites for hydroxylation is 1. The summed E-state index contributed by atoms with van der Waals surface area (Å²) in [7, 11) is 0. The number of fused-ring (bicyclic) bond motifs is 1. The van der Waals surface area contributed by atoms with Crippen LogP contribution in [0.5, 0.6) is 0 Å². The van der Waals surface area contributed by atoms with Crippen molar-refractivity contribution >= 4 is 22.4 Å². The van der Waals surface area contributed by atoms with Gasteiger partial charge in [0.25, 0.3) is 0 Å². The van der Waals surface area contributed by atoms with Gasteiger partial charge in [-0.15, -0.1) is 11.3 Å². The molecule has 0 aliphatic carbocycles. The molecule has 1 N–H and O–H groups in total. The van der Waals surface area contributed by atoms with Crippen LogP contribution < -0.4 is 0 Å². The number of imidazole rings is 1. The third-order valence-corrected chi connectivity index (χ3v) is 2.67. The fourth-order valence-electron chi connectivity index (χ4n) is 1.26. The lowest BCUT2D eigenvalue weighted by atomic mass is 10.2. The zero-order valence-corrected chi connectivity index (χ0v) is 7.95. The predicted molar refractivity (Wildman–Crippen MR) is 52.6 cm³/mol. The number of unbranched alkanes of at least 4 members (excludes halogenated alkanes) is 1. The van der Waals surface area contributed by atoms with Crippen LogP contribution in [0.15, 0.2) is 10.8 Å². The minimum Gasteiger partial charge on any atom is -0.341 e. The average Bonchev–Trinajstić information content (AvgIpc) is 2.58. The first kappa shape index (κ1) is 7.80. The van der Waals surface area contributed by atoms with Crippen LogP contribution in [-0.4, -0.2) is 9.97 Å². The Kier molecular flexibility index (Phi) is 2.13. The quantitative estimate of drug-likeness (QED) is 0.773. The van der Waals surface area contributed by atoms with Gasteiger partial charge in [0.15, 0.2) is 0 Å². The Hall–Kier alpha value is -0.830. The SMILES string of the molecule is CCCCc1nc2cscc2[nH]1. The van der Waals surface area contributed by atoms with Gasteiger partial charge in [-0.05, 0) is 6.42 Å². The number of nitrogens with one attached hydrogen (secondary N) is 1. The van der Waals surface area contributed by atoms with Crippen LogP contribution >= 0.6 is 11.3 Å². The topological polar surface area (TPSA) is 28.7 Å². The van der Waals surface area contributed by atoms with Crippen molar-refractivity contribution in [3.8, 4) is 0 Å². The number of aromatic amines is 1. The number of H-pyrrole nitrogens is 1. The van der Waals surface area contributed by atoms with Crippen molar-refractivity contribution in [3.63, 3.8) is 0 Å². The molecule has 2 aromatic heterocycles. The van der Waals surface area contributed by atoms with Crippen LogP contribution in [0, 0.1) is 0 Å². The fourth-order valence-corrected chi connectivity index (χ4v) is 1.95. The van der Waals surface area contributed by atoms with Crippen molar-refractivity contribution in [2.45, 2.75) is 26.2 Å². The van der Waals surface area contributed by atoms with Gasteiger partial charge in [-0.2, -0.15) is 0 Å². The highest BCUT2D eigenvalue weighted by molar-refractivity contribution is 7.09. The summed E-state index contributed by atoms with van der Waals surface area (Å²) < 4.78 is 0. The molecule has 2 nitrogen and oxygen atoms in total. The fraction of sp³-hybridized carbons (Fsp3) is 0.444. The summed E-state index contributed by atoms with van der Waals surface area (Å²) in [4.78, 5) is 7.77. The smallest absolute Gasteiger partial charge is 0.107 e. The van der Waals surface area contributed by atoms with Gasteiger partial charge in [0.1, 0.15) is 5.82 Å². The molecule has 0 amide bonds. The van der Waals surface area contributed by atoms with Crippen LogP contribution in [0.2, 0.25) is 0 Å². The number of hydrogen-bond donors (Lipinski definition) is 1. The molecule has 0 bridgehead atoms. The van der Waals surface area contributed by atoms with Gasteiger partial charge in [-0.1, -0.05) is 13.3 Å². The molecule has 0 aromatic carbocycles. The van der Waals surface area contributed by atoms with E-state index < -0.39 is 0 Å². The van der Waals surface area contributed by atoms with Crippen LogP contribution in [0.1, 0.15) is 25.6 Å². The highest BCUT2D eigenvalue weighted by Crippen LogP contribution is 2.16. The summed E-state index contributed by atoms with van der Waals surface area (Å²) in [5, 5.41) is 4.19. The molecule has 0 radical (unpaired) electrons. The van der Waals surface area contributed by atoms with Gasteiger partial charge >= 0.3 is 0 Å². The predicted octanol–water partition coefficient (Wildman–Crippen LogP) is 2.97. The first-order valence-corrected chi connectivity index (χ1v) is 5.25. The second-order valence-electron chi connectivity index (χ2n) is 2.96. The standard InChI is InChI=1S/C9H12N2S/c1-2-3-4-9-10-7-5-12-6-8(7)11-9/h5-6H,2-4H2,1H3,(H,10,11). The highest BCUT2D eigenvalue weighted by Gasteiger charge is 2.01. The maximum Gasteiger partial charge on any atom is 0.107 e. The van der Waals surface area contributed by atoms with Crippen molar-refractivity contribution in [1.29, 1.82) is 0 Å².